The summed E-state index contributed by atoms with van der Waals surface area (Å²) in [6.07, 6.45) is 5.70. The third-order valence-electron chi connectivity index (χ3n) is 4.28. The number of nitrogens with zero attached hydrogens (tertiary/aromatic N) is 4. The average molecular weight is 325 g/mol. The average Bonchev–Trinajstić information content (AvgIpc) is 2.63. The van der Waals surface area contributed by atoms with Gasteiger partial charge >= 0.3 is 0 Å². The molecule has 1 aromatic heterocycles. The maximum Gasteiger partial charge on any atom is 0.251 e. The van der Waals surface area contributed by atoms with Crippen LogP contribution in [-0.4, -0.2) is 60.5 Å². The van der Waals surface area contributed by atoms with Crippen LogP contribution in [0.1, 0.15) is 16.1 Å². The molecule has 0 radical (unpaired) electrons. The molecule has 0 atom stereocenters. The van der Waals surface area contributed by atoms with Crippen LogP contribution in [0.3, 0.4) is 0 Å². The van der Waals surface area contributed by atoms with Gasteiger partial charge in [-0.15, -0.1) is 0 Å². The summed E-state index contributed by atoms with van der Waals surface area (Å²) in [4.78, 5) is 25.1. The minimum Gasteiger partial charge on any atom is -0.369 e. The summed E-state index contributed by atoms with van der Waals surface area (Å²) in [7, 11) is 2.14. The zero-order chi connectivity index (χ0) is 16.8. The minimum atomic E-state index is -0.0520. The van der Waals surface area contributed by atoms with Crippen molar-refractivity contribution < 1.29 is 4.79 Å². The van der Waals surface area contributed by atoms with Crippen LogP contribution in [0.25, 0.3) is 0 Å². The zero-order valence-electron chi connectivity index (χ0n) is 14.0. The van der Waals surface area contributed by atoms with E-state index in [1.54, 1.807) is 18.6 Å². The Kier molecular flexibility index (Phi) is 5.38. The first kappa shape index (κ1) is 16.4. The summed E-state index contributed by atoms with van der Waals surface area (Å²) in [5.41, 5.74) is 2.74. The Morgan fingerprint density at radius 3 is 2.54 bits per heavy atom. The van der Waals surface area contributed by atoms with Gasteiger partial charge in [-0.3, -0.25) is 14.8 Å². The highest BCUT2D eigenvalue weighted by atomic mass is 16.1. The van der Waals surface area contributed by atoms with E-state index in [1.807, 2.05) is 24.3 Å². The van der Waals surface area contributed by atoms with E-state index in [2.05, 4.69) is 32.1 Å². The second-order valence-electron chi connectivity index (χ2n) is 6.04. The van der Waals surface area contributed by atoms with Gasteiger partial charge in [0.15, 0.2) is 0 Å². The number of hydrogen-bond donors (Lipinski definition) is 1. The van der Waals surface area contributed by atoms with Gasteiger partial charge < -0.3 is 15.1 Å². The van der Waals surface area contributed by atoms with Crippen LogP contribution in [0.4, 0.5) is 5.69 Å². The van der Waals surface area contributed by atoms with Crippen LogP contribution in [0.15, 0.2) is 42.9 Å². The molecule has 0 bridgehead atoms. The van der Waals surface area contributed by atoms with Crippen molar-refractivity contribution >= 4 is 11.6 Å². The molecule has 2 aromatic rings. The van der Waals surface area contributed by atoms with Crippen molar-refractivity contribution in [3.8, 4) is 0 Å². The SMILES string of the molecule is CN1CCN(c2ccc(C(=O)NCCc3cnccn3)cc2)CC1. The van der Waals surface area contributed by atoms with Crippen LogP contribution in [0, 0.1) is 0 Å². The van der Waals surface area contributed by atoms with Crippen LogP contribution in [-0.2, 0) is 6.42 Å². The van der Waals surface area contributed by atoms with E-state index in [0.29, 0.717) is 18.5 Å². The van der Waals surface area contributed by atoms with Crippen LogP contribution >= 0.6 is 0 Å². The summed E-state index contributed by atoms with van der Waals surface area (Å²) in [5, 5.41) is 2.93. The molecule has 126 valence electrons. The second kappa shape index (κ2) is 7.88. The van der Waals surface area contributed by atoms with Crippen molar-refractivity contribution in [3.05, 3.63) is 54.1 Å². The topological polar surface area (TPSA) is 61.4 Å². The molecular weight excluding hydrogens is 302 g/mol. The number of carbonyl (C=O) groups excluding carboxylic acids is 1. The Balaban J connectivity index is 1.50. The van der Waals surface area contributed by atoms with E-state index in [-0.39, 0.29) is 5.91 Å². The van der Waals surface area contributed by atoms with E-state index < -0.39 is 0 Å². The predicted molar refractivity (Wildman–Crippen MR) is 94.2 cm³/mol. The molecule has 3 rings (SSSR count). The molecular formula is C18H23N5O. The van der Waals surface area contributed by atoms with E-state index >= 15 is 0 Å². The summed E-state index contributed by atoms with van der Waals surface area (Å²) in [5.74, 6) is -0.0520. The van der Waals surface area contributed by atoms with E-state index in [0.717, 1.165) is 31.9 Å². The highest BCUT2D eigenvalue weighted by Gasteiger charge is 2.14. The molecule has 1 aromatic carbocycles. The smallest absolute Gasteiger partial charge is 0.251 e. The Bertz CT molecular complexity index is 651. The molecule has 6 heteroatoms. The van der Waals surface area contributed by atoms with Gasteiger partial charge in [0, 0.05) is 69.0 Å². The van der Waals surface area contributed by atoms with Crippen LogP contribution in [0.2, 0.25) is 0 Å². The molecule has 1 saturated heterocycles. The summed E-state index contributed by atoms with van der Waals surface area (Å²) < 4.78 is 0. The molecule has 1 amide bonds. The number of rotatable bonds is 5. The molecule has 24 heavy (non-hydrogen) atoms. The lowest BCUT2D eigenvalue weighted by molar-refractivity contribution is 0.0954. The molecule has 0 spiro atoms. The van der Waals surface area contributed by atoms with Gasteiger partial charge in [-0.2, -0.15) is 0 Å². The summed E-state index contributed by atoms with van der Waals surface area (Å²) in [6, 6.07) is 7.85. The molecule has 0 unspecified atom stereocenters. The number of nitrogens with one attached hydrogen (secondary N) is 1. The number of aromatic nitrogens is 2. The van der Waals surface area contributed by atoms with Crippen molar-refractivity contribution in [1.29, 1.82) is 0 Å². The quantitative estimate of drug-likeness (QED) is 0.895. The Hall–Kier alpha value is -2.47. The van der Waals surface area contributed by atoms with E-state index in [1.165, 1.54) is 5.69 Å². The van der Waals surface area contributed by atoms with Gasteiger partial charge in [-0.25, -0.2) is 0 Å². The van der Waals surface area contributed by atoms with Gasteiger partial charge in [-0.05, 0) is 31.3 Å². The monoisotopic (exact) mass is 325 g/mol. The van der Waals surface area contributed by atoms with Crippen molar-refractivity contribution in [2.45, 2.75) is 6.42 Å². The number of anilines is 1. The van der Waals surface area contributed by atoms with Crippen molar-refractivity contribution in [2.24, 2.45) is 0 Å². The maximum atomic E-state index is 12.2. The molecule has 2 heterocycles. The van der Waals surface area contributed by atoms with Gasteiger partial charge in [0.25, 0.3) is 5.91 Å². The lowest BCUT2D eigenvalue weighted by Gasteiger charge is -2.34. The normalized spacial score (nSPS) is 15.3. The molecule has 1 N–H and O–H groups in total. The highest BCUT2D eigenvalue weighted by Crippen LogP contribution is 2.17. The van der Waals surface area contributed by atoms with Gasteiger partial charge in [0.2, 0.25) is 0 Å². The number of carbonyl (C=O) groups is 1. The fourth-order valence-electron chi connectivity index (χ4n) is 2.75. The molecule has 1 aliphatic rings. The number of hydrogen-bond acceptors (Lipinski definition) is 5. The standard InChI is InChI=1S/C18H23N5O/c1-22-10-12-23(13-11-22)17-4-2-15(3-5-17)18(24)21-7-6-16-14-19-8-9-20-16/h2-5,8-9,14H,6-7,10-13H2,1H3,(H,21,24). The number of piperazine rings is 1. The molecule has 0 saturated carbocycles. The lowest BCUT2D eigenvalue weighted by atomic mass is 10.1. The van der Waals surface area contributed by atoms with Gasteiger partial charge in [-0.1, -0.05) is 0 Å². The Labute approximate surface area is 142 Å². The third kappa shape index (κ3) is 4.29. The predicted octanol–water partition coefficient (Wildman–Crippen LogP) is 1.20. The van der Waals surface area contributed by atoms with Crippen molar-refractivity contribution in [3.63, 3.8) is 0 Å². The molecule has 0 aliphatic carbocycles. The molecule has 6 nitrogen and oxygen atoms in total. The van der Waals surface area contributed by atoms with E-state index in [9.17, 15) is 4.79 Å². The second-order valence-corrected chi connectivity index (χ2v) is 6.04. The minimum absolute atomic E-state index is 0.0520. The van der Waals surface area contributed by atoms with Crippen molar-refractivity contribution in [1.82, 2.24) is 20.2 Å². The first-order valence-electron chi connectivity index (χ1n) is 8.29. The molecule has 1 fully saturated rings. The first-order valence-corrected chi connectivity index (χ1v) is 8.29. The largest absolute Gasteiger partial charge is 0.369 e. The van der Waals surface area contributed by atoms with Gasteiger partial charge in [0.05, 0.1) is 5.69 Å². The zero-order valence-corrected chi connectivity index (χ0v) is 14.0. The first-order chi connectivity index (χ1) is 11.7. The number of amides is 1. The lowest BCUT2D eigenvalue weighted by Crippen LogP contribution is -2.44. The number of benzene rings is 1. The Morgan fingerprint density at radius 2 is 1.88 bits per heavy atom. The third-order valence-corrected chi connectivity index (χ3v) is 4.28. The van der Waals surface area contributed by atoms with Crippen LogP contribution in [0.5, 0.6) is 0 Å². The summed E-state index contributed by atoms with van der Waals surface area (Å²) in [6.45, 7) is 4.76. The maximum absolute atomic E-state index is 12.2. The van der Waals surface area contributed by atoms with Crippen molar-refractivity contribution in [2.75, 3.05) is 44.7 Å². The van der Waals surface area contributed by atoms with E-state index in [4.69, 9.17) is 0 Å². The fourth-order valence-corrected chi connectivity index (χ4v) is 2.75. The highest BCUT2D eigenvalue weighted by molar-refractivity contribution is 5.94. The summed E-state index contributed by atoms with van der Waals surface area (Å²) >= 11 is 0. The molecule has 1 aliphatic heterocycles. The van der Waals surface area contributed by atoms with Crippen LogP contribution < -0.4 is 10.2 Å². The Morgan fingerprint density at radius 1 is 1.12 bits per heavy atom. The number of likely N-dealkylation sites (N-methyl/N-ethyl adjacent to an activating group) is 1. The van der Waals surface area contributed by atoms with Gasteiger partial charge in [0.1, 0.15) is 0 Å². The fraction of sp³-hybridized carbons (Fsp3) is 0.389.